The highest BCUT2D eigenvalue weighted by atomic mass is 16.5. The molecule has 0 spiro atoms. The molecule has 4 rings (SSSR count). The maximum Gasteiger partial charge on any atom is 0.289 e. The van der Waals surface area contributed by atoms with Crippen LogP contribution in [-0.2, 0) is 0 Å². The van der Waals surface area contributed by atoms with Gasteiger partial charge in [-0.3, -0.25) is 4.79 Å². The first-order chi connectivity index (χ1) is 14.1. The lowest BCUT2D eigenvalue weighted by molar-refractivity contribution is 0.0349. The number of amides is 1. The number of ether oxygens (including phenoxy) is 2. The van der Waals surface area contributed by atoms with E-state index in [1.807, 2.05) is 49.4 Å². The summed E-state index contributed by atoms with van der Waals surface area (Å²) in [5.41, 5.74) is 1.56. The second-order valence-electron chi connectivity index (χ2n) is 7.32. The van der Waals surface area contributed by atoms with Crippen LogP contribution in [0.5, 0.6) is 11.5 Å². The van der Waals surface area contributed by atoms with Crippen LogP contribution in [0.15, 0.2) is 52.9 Å². The SMILES string of the molecule is COc1cccc(O[C@H]2CCN(C(=O)c3oc4ccccc4c3C)CC[C@@H]2O)c1. The summed E-state index contributed by atoms with van der Waals surface area (Å²) in [7, 11) is 1.60. The Morgan fingerprint density at radius 3 is 2.66 bits per heavy atom. The van der Waals surface area contributed by atoms with Crippen LogP contribution in [0.4, 0.5) is 0 Å². The molecule has 2 atom stereocenters. The summed E-state index contributed by atoms with van der Waals surface area (Å²) in [6.07, 6.45) is -0.0734. The minimum atomic E-state index is -0.657. The summed E-state index contributed by atoms with van der Waals surface area (Å²) >= 11 is 0. The third kappa shape index (κ3) is 3.93. The number of hydrogen-bond donors (Lipinski definition) is 1. The topological polar surface area (TPSA) is 72.1 Å². The number of aliphatic hydroxyl groups excluding tert-OH is 1. The number of fused-ring (bicyclic) bond motifs is 1. The molecule has 1 amide bonds. The Morgan fingerprint density at radius 2 is 1.86 bits per heavy atom. The van der Waals surface area contributed by atoms with E-state index in [1.165, 1.54) is 0 Å². The fourth-order valence-electron chi connectivity index (χ4n) is 3.77. The molecule has 1 fully saturated rings. The largest absolute Gasteiger partial charge is 0.497 e. The quantitative estimate of drug-likeness (QED) is 0.728. The molecule has 0 unspecified atom stereocenters. The van der Waals surface area contributed by atoms with Gasteiger partial charge in [0.1, 0.15) is 23.2 Å². The molecule has 6 nitrogen and oxygen atoms in total. The average Bonchev–Trinajstić information content (AvgIpc) is 2.97. The van der Waals surface area contributed by atoms with Gasteiger partial charge in [0.05, 0.1) is 13.2 Å². The highest BCUT2D eigenvalue weighted by Crippen LogP contribution is 2.28. The zero-order valence-corrected chi connectivity index (χ0v) is 16.6. The summed E-state index contributed by atoms with van der Waals surface area (Å²) in [6, 6.07) is 15.0. The predicted molar refractivity (Wildman–Crippen MR) is 110 cm³/mol. The standard InChI is InChI=1S/C23H25NO5/c1-15-18-8-3-4-9-20(18)29-22(15)23(26)24-12-10-19(25)21(11-13-24)28-17-7-5-6-16(14-17)27-2/h3-9,14,19,21,25H,10-13H2,1-2H3/t19-,21-/m0/s1. The molecule has 0 saturated carbocycles. The lowest BCUT2D eigenvalue weighted by atomic mass is 10.1. The van der Waals surface area contributed by atoms with Crippen LogP contribution in [0.25, 0.3) is 11.0 Å². The Bertz CT molecular complexity index is 1010. The normalized spacial score (nSPS) is 19.8. The number of para-hydroxylation sites is 1. The number of rotatable bonds is 4. The third-order valence-corrected chi connectivity index (χ3v) is 5.46. The van der Waals surface area contributed by atoms with Crippen molar-refractivity contribution in [3.63, 3.8) is 0 Å². The van der Waals surface area contributed by atoms with E-state index in [1.54, 1.807) is 18.1 Å². The number of nitrogens with zero attached hydrogens (tertiary/aromatic N) is 1. The van der Waals surface area contributed by atoms with E-state index >= 15 is 0 Å². The first-order valence-corrected chi connectivity index (χ1v) is 9.83. The van der Waals surface area contributed by atoms with E-state index in [2.05, 4.69) is 0 Å². The van der Waals surface area contributed by atoms with Crippen LogP contribution in [0.2, 0.25) is 0 Å². The van der Waals surface area contributed by atoms with Gasteiger partial charge in [0.2, 0.25) is 0 Å². The Balaban J connectivity index is 1.48. The number of likely N-dealkylation sites (tertiary alicyclic amines) is 1. The minimum Gasteiger partial charge on any atom is -0.497 e. The van der Waals surface area contributed by atoms with Crippen molar-refractivity contribution in [1.82, 2.24) is 4.90 Å². The van der Waals surface area contributed by atoms with Gasteiger partial charge in [0, 0.05) is 36.5 Å². The Morgan fingerprint density at radius 1 is 1.10 bits per heavy atom. The Kier molecular flexibility index (Phi) is 5.45. The number of hydrogen-bond acceptors (Lipinski definition) is 5. The van der Waals surface area contributed by atoms with Crippen LogP contribution >= 0.6 is 0 Å². The molecule has 1 aromatic heterocycles. The maximum atomic E-state index is 13.1. The Labute approximate surface area is 169 Å². The smallest absolute Gasteiger partial charge is 0.289 e. The summed E-state index contributed by atoms with van der Waals surface area (Å²) in [4.78, 5) is 14.8. The number of methoxy groups -OCH3 is 1. The van der Waals surface area contributed by atoms with Crippen molar-refractivity contribution in [2.75, 3.05) is 20.2 Å². The lowest BCUT2D eigenvalue weighted by Gasteiger charge is -2.22. The van der Waals surface area contributed by atoms with Gasteiger partial charge in [-0.05, 0) is 31.5 Å². The fourth-order valence-corrected chi connectivity index (χ4v) is 3.77. The van der Waals surface area contributed by atoms with Gasteiger partial charge in [-0.15, -0.1) is 0 Å². The predicted octanol–water partition coefficient (Wildman–Crippen LogP) is 3.79. The van der Waals surface area contributed by atoms with Crippen molar-refractivity contribution < 1.29 is 23.8 Å². The summed E-state index contributed by atoms with van der Waals surface area (Å²) in [5.74, 6) is 1.56. The van der Waals surface area contributed by atoms with Gasteiger partial charge in [-0.2, -0.15) is 0 Å². The summed E-state index contributed by atoms with van der Waals surface area (Å²) in [5, 5.41) is 11.5. The first kappa shape index (κ1) is 19.3. The fraction of sp³-hybridized carbons (Fsp3) is 0.348. The van der Waals surface area contributed by atoms with E-state index in [9.17, 15) is 9.90 Å². The number of benzene rings is 2. The Hall–Kier alpha value is -2.99. The molecule has 1 N–H and O–H groups in total. The molecule has 1 aliphatic heterocycles. The van der Waals surface area contributed by atoms with E-state index in [0.717, 1.165) is 10.9 Å². The van der Waals surface area contributed by atoms with E-state index < -0.39 is 12.2 Å². The molecule has 0 aliphatic carbocycles. The van der Waals surface area contributed by atoms with Crippen LogP contribution in [0.3, 0.4) is 0 Å². The number of aryl methyl sites for hydroxylation is 1. The third-order valence-electron chi connectivity index (χ3n) is 5.46. The highest BCUT2D eigenvalue weighted by molar-refractivity contribution is 5.98. The first-order valence-electron chi connectivity index (χ1n) is 9.83. The second-order valence-corrected chi connectivity index (χ2v) is 7.32. The zero-order chi connectivity index (χ0) is 20.4. The van der Waals surface area contributed by atoms with Crippen molar-refractivity contribution in [1.29, 1.82) is 0 Å². The van der Waals surface area contributed by atoms with Gasteiger partial charge >= 0.3 is 0 Å². The minimum absolute atomic E-state index is 0.145. The van der Waals surface area contributed by atoms with Crippen molar-refractivity contribution >= 4 is 16.9 Å². The van der Waals surface area contributed by atoms with Crippen molar-refractivity contribution in [3.8, 4) is 11.5 Å². The van der Waals surface area contributed by atoms with Crippen LogP contribution in [0, 0.1) is 6.92 Å². The average molecular weight is 395 g/mol. The monoisotopic (exact) mass is 395 g/mol. The molecular formula is C23H25NO5. The molecule has 3 aromatic rings. The van der Waals surface area contributed by atoms with Crippen LogP contribution in [-0.4, -0.2) is 48.3 Å². The van der Waals surface area contributed by atoms with Crippen LogP contribution < -0.4 is 9.47 Å². The van der Waals surface area contributed by atoms with Crippen molar-refractivity contribution in [3.05, 3.63) is 59.9 Å². The number of furan rings is 1. The molecule has 1 aliphatic rings. The van der Waals surface area contributed by atoms with Gasteiger partial charge in [0.15, 0.2) is 5.76 Å². The van der Waals surface area contributed by atoms with E-state index in [4.69, 9.17) is 13.9 Å². The zero-order valence-electron chi connectivity index (χ0n) is 16.6. The van der Waals surface area contributed by atoms with Gasteiger partial charge in [-0.25, -0.2) is 0 Å². The molecule has 29 heavy (non-hydrogen) atoms. The molecule has 6 heteroatoms. The summed E-state index contributed by atoms with van der Waals surface area (Å²) < 4.78 is 17.1. The van der Waals surface area contributed by atoms with Gasteiger partial charge in [-0.1, -0.05) is 24.3 Å². The number of aliphatic hydroxyl groups is 1. The molecule has 152 valence electrons. The lowest BCUT2D eigenvalue weighted by Crippen LogP contribution is -2.32. The molecule has 1 saturated heterocycles. The molecule has 2 heterocycles. The highest BCUT2D eigenvalue weighted by Gasteiger charge is 2.31. The van der Waals surface area contributed by atoms with Gasteiger partial charge < -0.3 is 23.9 Å². The number of carbonyl (C=O) groups is 1. The summed E-state index contributed by atoms with van der Waals surface area (Å²) in [6.45, 7) is 2.84. The van der Waals surface area contributed by atoms with Gasteiger partial charge in [0.25, 0.3) is 5.91 Å². The van der Waals surface area contributed by atoms with Crippen molar-refractivity contribution in [2.45, 2.75) is 32.0 Å². The van der Waals surface area contributed by atoms with Crippen LogP contribution in [0.1, 0.15) is 29.0 Å². The maximum absolute atomic E-state index is 13.1. The number of carbonyl (C=O) groups excluding carboxylic acids is 1. The molecule has 0 bridgehead atoms. The molecule has 2 aromatic carbocycles. The van der Waals surface area contributed by atoms with E-state index in [-0.39, 0.29) is 5.91 Å². The second kappa shape index (κ2) is 8.17. The molecular weight excluding hydrogens is 370 g/mol. The molecule has 0 radical (unpaired) electrons. The van der Waals surface area contributed by atoms with E-state index in [0.29, 0.717) is 48.8 Å². The van der Waals surface area contributed by atoms with Crippen molar-refractivity contribution in [2.24, 2.45) is 0 Å².